The molecule has 0 N–H and O–H groups in total. The van der Waals surface area contributed by atoms with Gasteiger partial charge in [0.1, 0.15) is 6.17 Å². The molecule has 0 spiro atoms. The summed E-state index contributed by atoms with van der Waals surface area (Å²) in [6.07, 6.45) is 5.19. The molecular formula is C26H37FO5Si. The van der Waals surface area contributed by atoms with Gasteiger partial charge in [0.15, 0.2) is 26.5 Å². The monoisotopic (exact) mass is 476 g/mol. The minimum atomic E-state index is -1.95. The zero-order valence-electron chi connectivity index (χ0n) is 20.7. The molecule has 182 valence electrons. The molecule has 7 atom stereocenters. The molecule has 5 nitrogen and oxygen atoms in total. The summed E-state index contributed by atoms with van der Waals surface area (Å²) >= 11 is 0. The third-order valence-corrected chi connectivity index (χ3v) is 9.65. The molecule has 0 heterocycles. The smallest absolute Gasteiger partial charge is 0.303 e. The van der Waals surface area contributed by atoms with E-state index in [0.29, 0.717) is 36.8 Å². The van der Waals surface area contributed by atoms with Crippen LogP contribution in [0.5, 0.6) is 0 Å². The molecule has 4 rings (SSSR count). The summed E-state index contributed by atoms with van der Waals surface area (Å²) in [6, 6.07) is 0. The molecule has 7 heteroatoms. The molecule has 0 aromatic carbocycles. The van der Waals surface area contributed by atoms with Crippen LogP contribution in [0.2, 0.25) is 19.6 Å². The molecule has 0 amide bonds. The maximum Gasteiger partial charge on any atom is 0.303 e. The topological polar surface area (TPSA) is 69.7 Å². The van der Waals surface area contributed by atoms with E-state index in [9.17, 15) is 14.4 Å². The van der Waals surface area contributed by atoms with Crippen molar-refractivity contribution in [2.45, 2.75) is 84.8 Å². The van der Waals surface area contributed by atoms with E-state index in [1.54, 1.807) is 6.08 Å². The Hall–Kier alpha value is -1.60. The fraction of sp³-hybridized carbons (Fsp3) is 0.731. The first-order valence-electron chi connectivity index (χ1n) is 12.2. The second kappa shape index (κ2) is 8.26. The summed E-state index contributed by atoms with van der Waals surface area (Å²) in [5.41, 5.74) is 0.513. The van der Waals surface area contributed by atoms with E-state index in [-0.39, 0.29) is 42.0 Å². The lowest BCUT2D eigenvalue weighted by atomic mass is 9.45. The van der Waals surface area contributed by atoms with Crippen LogP contribution < -0.4 is 0 Å². The number of ketones is 2. The van der Waals surface area contributed by atoms with Crippen LogP contribution in [0.4, 0.5) is 4.39 Å². The van der Waals surface area contributed by atoms with Crippen molar-refractivity contribution in [2.75, 3.05) is 6.61 Å². The van der Waals surface area contributed by atoms with Crippen LogP contribution in [0.15, 0.2) is 23.3 Å². The SMILES string of the molecule is CC(=O)OCC(=O)C1=CC[C@H]2[C@@H]3CC(F)C4=CC(=O)CC[C@]4(C)[C@H]3C(O[Si](C)(C)C)C[C@]12C. The van der Waals surface area contributed by atoms with Crippen molar-refractivity contribution in [1.82, 2.24) is 0 Å². The van der Waals surface area contributed by atoms with Gasteiger partial charge in [-0.15, -0.1) is 0 Å². The first-order valence-corrected chi connectivity index (χ1v) is 15.6. The van der Waals surface area contributed by atoms with E-state index in [1.807, 2.05) is 6.08 Å². The number of fused-ring (bicyclic) bond motifs is 5. The van der Waals surface area contributed by atoms with Gasteiger partial charge in [-0.2, -0.15) is 0 Å². The van der Waals surface area contributed by atoms with Crippen molar-refractivity contribution < 1.29 is 27.9 Å². The molecule has 0 saturated heterocycles. The standard InChI is InChI=1S/C26H37FO5Si/c1-15(28)31-14-22(30)19-8-7-18-17-12-21(27)20-11-16(29)9-10-25(20,2)24(17)23(13-26(18,19)3)32-33(4,5)6/h8,11,17-18,21,23-24H,7,9-10,12-14H2,1-6H3/t17-,18-,21?,23?,24+,25-,26-/m0/s1. The number of hydrogen-bond acceptors (Lipinski definition) is 5. The average Bonchev–Trinajstić information content (AvgIpc) is 3.03. The number of halogens is 1. The maximum atomic E-state index is 15.6. The molecular weight excluding hydrogens is 439 g/mol. The van der Waals surface area contributed by atoms with E-state index in [1.165, 1.54) is 6.92 Å². The largest absolute Gasteiger partial charge is 0.457 e. The second-order valence-corrected chi connectivity index (χ2v) is 16.4. The highest BCUT2D eigenvalue weighted by Gasteiger charge is 2.63. The minimum Gasteiger partial charge on any atom is -0.457 e. The van der Waals surface area contributed by atoms with Gasteiger partial charge < -0.3 is 9.16 Å². The Bertz CT molecular complexity index is 933. The van der Waals surface area contributed by atoms with Gasteiger partial charge in [-0.25, -0.2) is 4.39 Å². The number of ether oxygens (including phenoxy) is 1. The number of carbonyl (C=O) groups excluding carboxylic acids is 3. The van der Waals surface area contributed by atoms with Gasteiger partial charge in [-0.3, -0.25) is 14.4 Å². The van der Waals surface area contributed by atoms with Gasteiger partial charge >= 0.3 is 5.97 Å². The van der Waals surface area contributed by atoms with Gasteiger partial charge in [0.25, 0.3) is 0 Å². The lowest BCUT2D eigenvalue weighted by molar-refractivity contribution is -0.146. The lowest BCUT2D eigenvalue weighted by Gasteiger charge is -2.61. The summed E-state index contributed by atoms with van der Waals surface area (Å²) < 4.78 is 27.4. The summed E-state index contributed by atoms with van der Waals surface area (Å²) in [4.78, 5) is 36.5. The van der Waals surface area contributed by atoms with E-state index in [0.717, 1.165) is 6.42 Å². The van der Waals surface area contributed by atoms with Crippen LogP contribution in [0.25, 0.3) is 0 Å². The molecule has 0 bridgehead atoms. The van der Waals surface area contributed by atoms with Crippen molar-refractivity contribution >= 4 is 25.9 Å². The van der Waals surface area contributed by atoms with E-state index >= 15 is 4.39 Å². The Morgan fingerprint density at radius 1 is 1.21 bits per heavy atom. The lowest BCUT2D eigenvalue weighted by Crippen LogP contribution is -2.60. The maximum absolute atomic E-state index is 15.6. The van der Waals surface area contributed by atoms with Gasteiger partial charge in [0.2, 0.25) is 0 Å². The van der Waals surface area contributed by atoms with Crippen molar-refractivity contribution in [3.63, 3.8) is 0 Å². The van der Waals surface area contributed by atoms with Crippen molar-refractivity contribution in [2.24, 2.45) is 28.6 Å². The van der Waals surface area contributed by atoms with Crippen LogP contribution in [0.1, 0.15) is 52.9 Å². The first-order chi connectivity index (χ1) is 15.3. The van der Waals surface area contributed by atoms with Crippen LogP contribution >= 0.6 is 0 Å². The minimum absolute atomic E-state index is 0.0211. The summed E-state index contributed by atoms with van der Waals surface area (Å²) in [7, 11) is -1.95. The molecule has 2 saturated carbocycles. The number of rotatable bonds is 5. The molecule has 2 fully saturated rings. The fourth-order valence-corrected chi connectivity index (χ4v) is 8.61. The van der Waals surface area contributed by atoms with Gasteiger partial charge in [-0.05, 0) is 80.1 Å². The summed E-state index contributed by atoms with van der Waals surface area (Å²) in [5.74, 6) is -0.306. The molecule has 0 aromatic rings. The van der Waals surface area contributed by atoms with Crippen LogP contribution in [0.3, 0.4) is 0 Å². The van der Waals surface area contributed by atoms with Gasteiger partial charge in [-0.1, -0.05) is 19.9 Å². The van der Waals surface area contributed by atoms with Crippen LogP contribution in [-0.4, -0.2) is 44.7 Å². The highest BCUT2D eigenvalue weighted by Crippen LogP contribution is 2.66. The normalized spacial score (nSPS) is 40.2. The highest BCUT2D eigenvalue weighted by molar-refractivity contribution is 6.69. The Labute approximate surface area is 197 Å². The number of Topliss-reactive ketones (excluding diaryl/α,β-unsaturated/α-hetero) is 1. The predicted octanol–water partition coefficient (Wildman–Crippen LogP) is 4.96. The number of carbonyl (C=O) groups is 3. The number of hydrogen-bond donors (Lipinski definition) is 0. The Kier molecular flexibility index (Phi) is 6.14. The number of allylic oxidation sites excluding steroid dienone is 3. The Morgan fingerprint density at radius 2 is 1.91 bits per heavy atom. The predicted molar refractivity (Wildman–Crippen MR) is 126 cm³/mol. The summed E-state index contributed by atoms with van der Waals surface area (Å²) in [6.45, 7) is 11.8. The zero-order chi connectivity index (χ0) is 24.3. The molecule has 33 heavy (non-hydrogen) atoms. The Balaban J connectivity index is 1.74. The molecule has 4 aliphatic carbocycles. The van der Waals surface area contributed by atoms with Crippen LogP contribution in [-0.2, 0) is 23.5 Å². The van der Waals surface area contributed by atoms with E-state index in [4.69, 9.17) is 9.16 Å². The average molecular weight is 477 g/mol. The van der Waals surface area contributed by atoms with Crippen molar-refractivity contribution in [1.29, 1.82) is 0 Å². The second-order valence-electron chi connectivity index (χ2n) is 11.9. The van der Waals surface area contributed by atoms with E-state index < -0.39 is 31.3 Å². The van der Waals surface area contributed by atoms with E-state index in [2.05, 4.69) is 33.5 Å². The van der Waals surface area contributed by atoms with Crippen LogP contribution in [0, 0.1) is 28.6 Å². The molecule has 0 radical (unpaired) electrons. The number of alkyl halides is 1. The van der Waals surface area contributed by atoms with Crippen molar-refractivity contribution in [3.05, 3.63) is 23.3 Å². The van der Waals surface area contributed by atoms with Gasteiger partial charge in [0, 0.05) is 30.4 Å². The molecule has 0 aromatic heterocycles. The third kappa shape index (κ3) is 4.20. The number of esters is 1. The molecule has 4 aliphatic rings. The summed E-state index contributed by atoms with van der Waals surface area (Å²) in [5, 5.41) is 0. The van der Waals surface area contributed by atoms with Crippen molar-refractivity contribution in [3.8, 4) is 0 Å². The third-order valence-electron chi connectivity index (χ3n) is 8.64. The molecule has 0 aliphatic heterocycles. The zero-order valence-corrected chi connectivity index (χ0v) is 21.7. The quantitative estimate of drug-likeness (QED) is 0.414. The fourth-order valence-electron chi connectivity index (χ4n) is 7.47. The first kappa shape index (κ1) is 24.5. The van der Waals surface area contributed by atoms with Gasteiger partial charge in [0.05, 0.1) is 0 Å². The molecule has 2 unspecified atom stereocenters. The Morgan fingerprint density at radius 3 is 2.55 bits per heavy atom. The highest BCUT2D eigenvalue weighted by atomic mass is 28.4.